The average molecular weight is 470 g/mol. The Bertz CT molecular complexity index is 1260. The molecule has 1 unspecified atom stereocenters. The minimum atomic E-state index is -0.299. The second-order valence-corrected chi connectivity index (χ2v) is 9.68. The van der Waals surface area contributed by atoms with Crippen LogP contribution in [0.4, 0.5) is 0 Å². The van der Waals surface area contributed by atoms with Gasteiger partial charge in [-0.2, -0.15) is 0 Å². The van der Waals surface area contributed by atoms with Gasteiger partial charge in [0.1, 0.15) is 36.2 Å². The number of nitrogens with zero attached hydrogens (tertiary/aromatic N) is 1. The Hall–Kier alpha value is -3.44. The van der Waals surface area contributed by atoms with Crippen LogP contribution in [0.1, 0.15) is 47.6 Å². The Morgan fingerprint density at radius 2 is 1.71 bits per heavy atom. The number of benzene rings is 3. The SMILES string of the molecule is Cc1ccc2c(c1)OCC1=C2C(c2ccc(OCCN3CCCCC3)cc2)Oc2cc(O)ccc21. The van der Waals surface area contributed by atoms with Crippen molar-refractivity contribution in [3.63, 3.8) is 0 Å². The fourth-order valence-electron chi connectivity index (χ4n) is 5.38. The third kappa shape index (κ3) is 4.37. The lowest BCUT2D eigenvalue weighted by Gasteiger charge is -2.35. The van der Waals surface area contributed by atoms with Crippen molar-refractivity contribution in [2.45, 2.75) is 32.3 Å². The molecule has 3 aliphatic rings. The van der Waals surface area contributed by atoms with Gasteiger partial charge in [0.25, 0.3) is 0 Å². The van der Waals surface area contributed by atoms with Crippen LogP contribution in [0.3, 0.4) is 0 Å². The normalized spacial score (nSPS) is 19.2. The van der Waals surface area contributed by atoms with Gasteiger partial charge < -0.3 is 19.3 Å². The van der Waals surface area contributed by atoms with Gasteiger partial charge in [0.2, 0.25) is 0 Å². The Labute approximate surface area is 206 Å². The Morgan fingerprint density at radius 3 is 2.54 bits per heavy atom. The second kappa shape index (κ2) is 9.31. The molecule has 3 aromatic carbocycles. The van der Waals surface area contributed by atoms with Crippen LogP contribution in [-0.2, 0) is 0 Å². The minimum absolute atomic E-state index is 0.191. The fourth-order valence-corrected chi connectivity index (χ4v) is 5.38. The Kier molecular flexibility index (Phi) is 5.86. The van der Waals surface area contributed by atoms with Crippen molar-refractivity contribution in [2.75, 3.05) is 32.8 Å². The van der Waals surface area contributed by atoms with Crippen molar-refractivity contribution in [1.29, 1.82) is 0 Å². The van der Waals surface area contributed by atoms with Crippen molar-refractivity contribution >= 4 is 11.1 Å². The van der Waals surface area contributed by atoms with Crippen LogP contribution in [0.25, 0.3) is 11.1 Å². The molecule has 3 aromatic rings. The molecule has 5 heteroatoms. The number of likely N-dealkylation sites (tertiary alicyclic amines) is 1. The molecule has 0 amide bonds. The van der Waals surface area contributed by atoms with Gasteiger partial charge in [0.15, 0.2) is 6.10 Å². The van der Waals surface area contributed by atoms with E-state index in [0.29, 0.717) is 19.0 Å². The number of fused-ring (bicyclic) bond motifs is 4. The summed E-state index contributed by atoms with van der Waals surface area (Å²) in [5, 5.41) is 10.1. The molecule has 0 saturated carbocycles. The average Bonchev–Trinajstić information content (AvgIpc) is 2.88. The first-order chi connectivity index (χ1) is 17.2. The maximum absolute atomic E-state index is 10.1. The largest absolute Gasteiger partial charge is 0.508 e. The number of hydrogen-bond donors (Lipinski definition) is 1. The van der Waals surface area contributed by atoms with Crippen molar-refractivity contribution < 1.29 is 19.3 Å². The second-order valence-electron chi connectivity index (χ2n) is 9.68. The quantitative estimate of drug-likeness (QED) is 0.497. The van der Waals surface area contributed by atoms with Crippen molar-refractivity contribution in [2.24, 2.45) is 0 Å². The molecule has 0 aliphatic carbocycles. The Balaban J connectivity index is 1.29. The number of ether oxygens (including phenoxy) is 3. The number of piperidine rings is 1. The van der Waals surface area contributed by atoms with Gasteiger partial charge in [-0.25, -0.2) is 0 Å². The summed E-state index contributed by atoms with van der Waals surface area (Å²) in [6.45, 7) is 6.58. The molecule has 1 atom stereocenters. The molecular formula is C30H31NO4. The third-order valence-electron chi connectivity index (χ3n) is 7.23. The van der Waals surface area contributed by atoms with Crippen LogP contribution in [0, 0.1) is 6.92 Å². The van der Waals surface area contributed by atoms with Gasteiger partial charge in [-0.05, 0) is 74.3 Å². The standard InChI is InChI=1S/C30H31NO4/c1-20-5-11-25-27(17-20)34-19-26-24-12-8-22(32)18-28(24)35-30(29(25)26)21-6-9-23(10-7-21)33-16-15-31-13-3-2-4-14-31/h5-12,17-18,30,32H,2-4,13-16,19H2,1H3. The highest BCUT2D eigenvalue weighted by atomic mass is 16.5. The zero-order valence-electron chi connectivity index (χ0n) is 20.1. The zero-order chi connectivity index (χ0) is 23.8. The number of hydrogen-bond acceptors (Lipinski definition) is 5. The molecule has 1 saturated heterocycles. The summed E-state index contributed by atoms with van der Waals surface area (Å²) >= 11 is 0. The van der Waals surface area contributed by atoms with Gasteiger partial charge in [-0.1, -0.05) is 30.7 Å². The first-order valence-electron chi connectivity index (χ1n) is 12.6. The van der Waals surface area contributed by atoms with Crippen molar-refractivity contribution in [3.8, 4) is 23.0 Å². The minimum Gasteiger partial charge on any atom is -0.508 e. The molecule has 6 rings (SSSR count). The van der Waals surface area contributed by atoms with Crippen LogP contribution in [0.15, 0.2) is 60.7 Å². The predicted octanol–water partition coefficient (Wildman–Crippen LogP) is 6.00. The number of phenolic OH excluding ortho intramolecular Hbond substituents is 1. The maximum atomic E-state index is 10.1. The van der Waals surface area contributed by atoms with E-state index in [2.05, 4.69) is 42.2 Å². The van der Waals surface area contributed by atoms with Gasteiger partial charge in [-0.3, -0.25) is 4.90 Å². The molecule has 35 heavy (non-hydrogen) atoms. The van der Waals surface area contributed by atoms with Crippen LogP contribution in [-0.4, -0.2) is 42.9 Å². The highest BCUT2D eigenvalue weighted by Gasteiger charge is 2.35. The molecular weight excluding hydrogens is 438 g/mol. The summed E-state index contributed by atoms with van der Waals surface area (Å²) in [4.78, 5) is 2.49. The first kappa shape index (κ1) is 22.1. The van der Waals surface area contributed by atoms with Crippen molar-refractivity contribution in [1.82, 2.24) is 4.90 Å². The topological polar surface area (TPSA) is 51.2 Å². The summed E-state index contributed by atoms with van der Waals surface area (Å²) in [6, 6.07) is 19.9. The predicted molar refractivity (Wildman–Crippen MR) is 137 cm³/mol. The highest BCUT2D eigenvalue weighted by Crippen LogP contribution is 2.51. The maximum Gasteiger partial charge on any atom is 0.150 e. The van der Waals surface area contributed by atoms with Crippen LogP contribution in [0.2, 0.25) is 0 Å². The third-order valence-corrected chi connectivity index (χ3v) is 7.23. The van der Waals surface area contributed by atoms with Crippen molar-refractivity contribution in [3.05, 3.63) is 82.9 Å². The van der Waals surface area contributed by atoms with Crippen LogP contribution < -0.4 is 14.2 Å². The Morgan fingerprint density at radius 1 is 0.914 bits per heavy atom. The molecule has 3 heterocycles. The monoisotopic (exact) mass is 469 g/mol. The van der Waals surface area contributed by atoms with E-state index in [9.17, 15) is 5.11 Å². The van der Waals surface area contributed by atoms with E-state index in [1.807, 2.05) is 18.2 Å². The van der Waals surface area contributed by atoms with E-state index >= 15 is 0 Å². The first-order valence-corrected chi connectivity index (χ1v) is 12.6. The smallest absolute Gasteiger partial charge is 0.150 e. The van der Waals surface area contributed by atoms with Gasteiger partial charge >= 0.3 is 0 Å². The number of aryl methyl sites for hydroxylation is 1. The van der Waals surface area contributed by atoms with E-state index in [0.717, 1.165) is 51.4 Å². The van der Waals surface area contributed by atoms with Gasteiger partial charge in [-0.15, -0.1) is 0 Å². The lowest BCUT2D eigenvalue weighted by atomic mass is 9.84. The molecule has 0 aromatic heterocycles. The lowest BCUT2D eigenvalue weighted by Crippen LogP contribution is -2.33. The van der Waals surface area contributed by atoms with E-state index < -0.39 is 0 Å². The summed E-state index contributed by atoms with van der Waals surface area (Å²) in [5.74, 6) is 2.63. The number of rotatable bonds is 5. The zero-order valence-corrected chi connectivity index (χ0v) is 20.1. The summed E-state index contributed by atoms with van der Waals surface area (Å²) in [6.07, 6.45) is 3.64. The van der Waals surface area contributed by atoms with E-state index in [-0.39, 0.29) is 11.9 Å². The molecule has 3 aliphatic heterocycles. The number of aromatic hydroxyl groups is 1. The highest BCUT2D eigenvalue weighted by molar-refractivity contribution is 5.99. The van der Waals surface area contributed by atoms with E-state index in [4.69, 9.17) is 14.2 Å². The van der Waals surface area contributed by atoms with E-state index in [1.165, 1.54) is 32.4 Å². The summed E-state index contributed by atoms with van der Waals surface area (Å²) < 4.78 is 18.7. The molecule has 180 valence electrons. The van der Waals surface area contributed by atoms with Crippen LogP contribution in [0.5, 0.6) is 23.0 Å². The molecule has 0 spiro atoms. The van der Waals surface area contributed by atoms with Crippen LogP contribution >= 0.6 is 0 Å². The van der Waals surface area contributed by atoms with Gasteiger partial charge in [0.05, 0.1) is 0 Å². The fraction of sp³-hybridized carbons (Fsp3) is 0.333. The molecule has 0 radical (unpaired) electrons. The lowest BCUT2D eigenvalue weighted by molar-refractivity contribution is 0.183. The van der Waals surface area contributed by atoms with E-state index in [1.54, 1.807) is 12.1 Å². The summed E-state index contributed by atoms with van der Waals surface area (Å²) in [5.41, 5.74) is 6.47. The van der Waals surface area contributed by atoms with Gasteiger partial charge in [0, 0.05) is 34.9 Å². The molecule has 1 fully saturated rings. The summed E-state index contributed by atoms with van der Waals surface area (Å²) in [7, 11) is 0. The molecule has 0 bridgehead atoms. The molecule has 1 N–H and O–H groups in total. The number of phenols is 1. The molecule has 5 nitrogen and oxygen atoms in total.